The summed E-state index contributed by atoms with van der Waals surface area (Å²) in [4.78, 5) is 4.28. The zero-order valence-electron chi connectivity index (χ0n) is 11.2. The lowest BCUT2D eigenvalue weighted by atomic mass is 10.1. The van der Waals surface area contributed by atoms with Crippen molar-refractivity contribution in [3.8, 4) is 28.8 Å². The molecule has 0 aliphatic heterocycles. The van der Waals surface area contributed by atoms with Gasteiger partial charge in [0, 0.05) is 16.6 Å². The van der Waals surface area contributed by atoms with Crippen LogP contribution in [0.4, 0.5) is 5.69 Å². The smallest absolute Gasteiger partial charge is 0.163 e. The van der Waals surface area contributed by atoms with Crippen molar-refractivity contribution in [3.63, 3.8) is 0 Å². The van der Waals surface area contributed by atoms with Gasteiger partial charge in [-0.05, 0) is 12.1 Å². The second-order valence-corrected chi connectivity index (χ2v) is 4.92. The molecular formula is C15H9N5OS. The number of aliphatic hydroxyl groups excluding tert-OH is 1. The first-order valence-corrected chi connectivity index (χ1v) is 6.97. The molecule has 106 valence electrons. The summed E-state index contributed by atoms with van der Waals surface area (Å²) < 4.78 is 0. The maximum Gasteiger partial charge on any atom is 0.163 e. The van der Waals surface area contributed by atoms with Crippen LogP contribution in [0.1, 0.15) is 5.69 Å². The number of thiazole rings is 1. The van der Waals surface area contributed by atoms with E-state index >= 15 is 0 Å². The summed E-state index contributed by atoms with van der Waals surface area (Å²) in [7, 11) is 0. The molecule has 0 saturated heterocycles. The second kappa shape index (κ2) is 7.01. The summed E-state index contributed by atoms with van der Waals surface area (Å²) in [5.41, 5.74) is 1.43. The Bertz CT molecular complexity index is 832. The molecule has 0 amide bonds. The summed E-state index contributed by atoms with van der Waals surface area (Å²) in [5.74, 6) is 0. The first-order valence-electron chi connectivity index (χ1n) is 6.09. The van der Waals surface area contributed by atoms with E-state index in [9.17, 15) is 0 Å². The van der Waals surface area contributed by atoms with Crippen LogP contribution in [0.5, 0.6) is 0 Å². The Kier molecular flexibility index (Phi) is 4.85. The Morgan fingerprint density at radius 2 is 1.91 bits per heavy atom. The van der Waals surface area contributed by atoms with Crippen LogP contribution in [-0.2, 0) is 6.61 Å². The Hall–Kier alpha value is -3.18. The molecule has 22 heavy (non-hydrogen) atoms. The summed E-state index contributed by atoms with van der Waals surface area (Å²) in [6.07, 6.45) is 0. The Labute approximate surface area is 130 Å². The number of benzene rings is 1. The number of hydrogen-bond acceptors (Lipinski definition) is 7. The molecule has 0 aliphatic rings. The van der Waals surface area contributed by atoms with Crippen LogP contribution in [0.25, 0.3) is 10.6 Å². The molecule has 0 bridgehead atoms. The highest BCUT2D eigenvalue weighted by Gasteiger charge is 2.12. The summed E-state index contributed by atoms with van der Waals surface area (Å²) in [6, 6.07) is 12.3. The Balaban J connectivity index is 2.46. The van der Waals surface area contributed by atoms with E-state index in [2.05, 4.69) is 10.3 Å². The lowest BCUT2D eigenvalue weighted by molar-refractivity contribution is 0.278. The maximum absolute atomic E-state index is 9.10. The van der Waals surface area contributed by atoms with Gasteiger partial charge in [0.15, 0.2) is 5.57 Å². The maximum atomic E-state index is 9.10. The topological polar surface area (TPSA) is 117 Å². The minimum Gasteiger partial charge on any atom is -0.390 e. The number of para-hydroxylation sites is 1. The van der Waals surface area contributed by atoms with E-state index in [0.29, 0.717) is 16.4 Å². The van der Waals surface area contributed by atoms with E-state index in [0.717, 1.165) is 5.56 Å². The molecular weight excluding hydrogens is 298 g/mol. The van der Waals surface area contributed by atoms with E-state index in [1.54, 1.807) is 35.7 Å². The number of hydrogen-bond donors (Lipinski definition) is 2. The molecule has 0 fully saturated rings. The van der Waals surface area contributed by atoms with Crippen molar-refractivity contribution in [2.75, 3.05) is 5.32 Å². The van der Waals surface area contributed by atoms with E-state index in [1.165, 1.54) is 11.3 Å². The number of aromatic nitrogens is 1. The fourth-order valence-electron chi connectivity index (χ4n) is 1.70. The highest BCUT2D eigenvalue weighted by Crippen LogP contribution is 2.31. The van der Waals surface area contributed by atoms with Gasteiger partial charge in [0.25, 0.3) is 0 Å². The van der Waals surface area contributed by atoms with Crippen LogP contribution in [0.2, 0.25) is 0 Å². The van der Waals surface area contributed by atoms with Crippen molar-refractivity contribution in [3.05, 3.63) is 46.6 Å². The van der Waals surface area contributed by atoms with E-state index in [1.807, 2.05) is 12.1 Å². The van der Waals surface area contributed by atoms with Crippen LogP contribution in [0.3, 0.4) is 0 Å². The molecule has 0 radical (unpaired) electrons. The molecule has 2 N–H and O–H groups in total. The fourth-order valence-corrected chi connectivity index (χ4v) is 2.55. The van der Waals surface area contributed by atoms with Crippen LogP contribution >= 0.6 is 11.3 Å². The molecule has 0 unspecified atom stereocenters. The molecule has 0 atom stereocenters. The molecule has 1 aromatic heterocycles. The van der Waals surface area contributed by atoms with Crippen molar-refractivity contribution in [1.29, 1.82) is 15.8 Å². The van der Waals surface area contributed by atoms with Crippen molar-refractivity contribution in [2.45, 2.75) is 6.61 Å². The van der Waals surface area contributed by atoms with Gasteiger partial charge < -0.3 is 10.4 Å². The molecule has 6 nitrogen and oxygen atoms in total. The van der Waals surface area contributed by atoms with Gasteiger partial charge in [-0.15, -0.1) is 11.3 Å². The lowest BCUT2D eigenvalue weighted by Gasteiger charge is -2.09. The SMILES string of the molecule is N#CC(C#N)=C(C#N)Nc1ccccc1-c1nc(CO)cs1. The van der Waals surface area contributed by atoms with Gasteiger partial charge in [0.1, 0.15) is 28.9 Å². The number of allylic oxidation sites excluding steroid dienone is 2. The van der Waals surface area contributed by atoms with E-state index in [-0.39, 0.29) is 17.9 Å². The molecule has 7 heteroatoms. The van der Waals surface area contributed by atoms with Crippen molar-refractivity contribution in [1.82, 2.24) is 4.98 Å². The van der Waals surface area contributed by atoms with Crippen molar-refractivity contribution in [2.24, 2.45) is 0 Å². The first-order chi connectivity index (χ1) is 10.7. The van der Waals surface area contributed by atoms with Gasteiger partial charge >= 0.3 is 0 Å². The molecule has 0 aliphatic carbocycles. The summed E-state index contributed by atoms with van der Waals surface area (Å²) in [5, 5.41) is 41.1. The van der Waals surface area contributed by atoms with Crippen molar-refractivity contribution < 1.29 is 5.11 Å². The zero-order valence-corrected chi connectivity index (χ0v) is 12.1. The van der Waals surface area contributed by atoms with Gasteiger partial charge in [0.2, 0.25) is 0 Å². The largest absolute Gasteiger partial charge is 0.390 e. The highest BCUT2D eigenvalue weighted by atomic mass is 32.1. The van der Waals surface area contributed by atoms with Crippen LogP contribution in [0.15, 0.2) is 40.9 Å². The zero-order chi connectivity index (χ0) is 15.9. The van der Waals surface area contributed by atoms with Gasteiger partial charge in [-0.2, -0.15) is 15.8 Å². The minimum atomic E-state index is -0.285. The standard InChI is InChI=1S/C15H9N5OS/c16-5-10(6-17)14(7-18)20-13-4-2-1-3-12(13)15-19-11(8-21)9-22-15/h1-4,9,20-21H,8H2. The van der Waals surface area contributed by atoms with Gasteiger partial charge in [-0.1, -0.05) is 12.1 Å². The number of nitrogens with one attached hydrogen (secondary N) is 1. The van der Waals surface area contributed by atoms with Crippen LogP contribution in [-0.4, -0.2) is 10.1 Å². The molecule has 1 heterocycles. The monoisotopic (exact) mass is 307 g/mol. The fraction of sp³-hybridized carbons (Fsp3) is 0.0667. The Morgan fingerprint density at radius 3 is 2.50 bits per heavy atom. The Morgan fingerprint density at radius 1 is 1.18 bits per heavy atom. The number of rotatable bonds is 4. The number of nitriles is 3. The second-order valence-electron chi connectivity index (χ2n) is 4.06. The first kappa shape index (κ1) is 15.2. The summed E-state index contributed by atoms with van der Waals surface area (Å²) >= 11 is 1.36. The molecule has 2 rings (SSSR count). The molecule has 2 aromatic rings. The predicted octanol–water partition coefficient (Wildman–Crippen LogP) is 2.54. The number of aliphatic hydroxyl groups is 1. The van der Waals surface area contributed by atoms with Gasteiger partial charge in [-0.3, -0.25) is 0 Å². The predicted molar refractivity (Wildman–Crippen MR) is 81.0 cm³/mol. The minimum absolute atomic E-state index is 0.114. The van der Waals surface area contributed by atoms with Crippen LogP contribution < -0.4 is 5.32 Å². The quantitative estimate of drug-likeness (QED) is 0.838. The van der Waals surface area contributed by atoms with E-state index in [4.69, 9.17) is 20.9 Å². The molecule has 0 saturated carbocycles. The number of anilines is 1. The number of nitrogens with zero attached hydrogens (tertiary/aromatic N) is 4. The molecule has 0 spiro atoms. The van der Waals surface area contributed by atoms with E-state index < -0.39 is 0 Å². The van der Waals surface area contributed by atoms with Gasteiger partial charge in [-0.25, -0.2) is 4.98 Å². The average Bonchev–Trinajstić information content (AvgIpc) is 3.04. The van der Waals surface area contributed by atoms with Crippen LogP contribution in [0, 0.1) is 34.0 Å². The normalized spacial score (nSPS) is 9.18. The third-order valence-corrected chi connectivity index (χ3v) is 3.64. The lowest BCUT2D eigenvalue weighted by Crippen LogP contribution is -2.02. The highest BCUT2D eigenvalue weighted by molar-refractivity contribution is 7.13. The van der Waals surface area contributed by atoms with Gasteiger partial charge in [0.05, 0.1) is 12.3 Å². The summed E-state index contributed by atoms with van der Waals surface area (Å²) in [6.45, 7) is -0.150. The third-order valence-electron chi connectivity index (χ3n) is 2.72. The molecule has 1 aromatic carbocycles. The average molecular weight is 307 g/mol. The van der Waals surface area contributed by atoms with Crippen molar-refractivity contribution >= 4 is 17.0 Å². The third kappa shape index (κ3) is 3.11.